The maximum Gasteiger partial charge on any atom is 0.228 e. The Morgan fingerprint density at radius 2 is 1.56 bits per heavy atom. The van der Waals surface area contributed by atoms with E-state index in [2.05, 4.69) is 5.32 Å². The van der Waals surface area contributed by atoms with Crippen LogP contribution < -0.4 is 10.1 Å². The van der Waals surface area contributed by atoms with Gasteiger partial charge in [0.25, 0.3) is 0 Å². The minimum absolute atomic E-state index is 0.0254. The summed E-state index contributed by atoms with van der Waals surface area (Å²) in [5, 5.41) is 4.02. The minimum atomic E-state index is -3.29. The summed E-state index contributed by atoms with van der Waals surface area (Å²) in [6, 6.07) is 26.2. The van der Waals surface area contributed by atoms with Gasteiger partial charge in [-0.1, -0.05) is 60.5 Å². The van der Waals surface area contributed by atoms with Gasteiger partial charge in [0.05, 0.1) is 17.1 Å². The quantitative estimate of drug-likeness (QED) is 0.252. The van der Waals surface area contributed by atoms with E-state index >= 15 is 0 Å². The summed E-state index contributed by atoms with van der Waals surface area (Å²) in [5.41, 5.74) is 2.91. The minimum Gasteiger partial charge on any atom is -0.457 e. The van der Waals surface area contributed by atoms with Gasteiger partial charge in [-0.2, -0.15) is 0 Å². The van der Waals surface area contributed by atoms with Crippen LogP contribution in [0, 0.1) is 0 Å². The van der Waals surface area contributed by atoms with Crippen molar-refractivity contribution in [1.82, 2.24) is 0 Å². The average molecular weight is 540 g/mol. The number of hydrogen-bond acceptors (Lipinski definition) is 4. The number of anilines is 1. The van der Waals surface area contributed by atoms with Crippen molar-refractivity contribution >= 4 is 44.6 Å². The molecule has 0 aliphatic heterocycles. The van der Waals surface area contributed by atoms with Crippen LogP contribution in [0.3, 0.4) is 0 Å². The lowest BCUT2D eigenvalue weighted by molar-refractivity contribution is -0.115. The van der Waals surface area contributed by atoms with Crippen molar-refractivity contribution in [3.8, 4) is 22.6 Å². The fourth-order valence-corrected chi connectivity index (χ4v) is 4.86. The van der Waals surface area contributed by atoms with Gasteiger partial charge in [-0.15, -0.1) is 0 Å². The molecule has 0 aliphatic rings. The molecule has 0 saturated heterocycles. The number of benzene rings is 4. The predicted molar refractivity (Wildman–Crippen MR) is 145 cm³/mol. The van der Waals surface area contributed by atoms with Gasteiger partial charge in [-0.05, 0) is 65.7 Å². The summed E-state index contributed by atoms with van der Waals surface area (Å²) in [6.45, 7) is 1.60. The zero-order valence-electron chi connectivity index (χ0n) is 19.4. The Morgan fingerprint density at radius 1 is 0.861 bits per heavy atom. The molecule has 1 N–H and O–H groups in total. The molecule has 184 valence electrons. The van der Waals surface area contributed by atoms with Crippen LogP contribution in [-0.2, 0) is 21.1 Å². The van der Waals surface area contributed by atoms with Crippen molar-refractivity contribution in [2.45, 2.75) is 18.2 Å². The zero-order valence-corrected chi connectivity index (χ0v) is 21.7. The first kappa shape index (κ1) is 25.8. The molecule has 36 heavy (non-hydrogen) atoms. The van der Waals surface area contributed by atoms with Gasteiger partial charge in [0, 0.05) is 27.4 Å². The molecule has 4 rings (SSSR count). The Bertz CT molecular complexity index is 1500. The number of ether oxygens (including phenoxy) is 1. The highest BCUT2D eigenvalue weighted by atomic mass is 35.5. The van der Waals surface area contributed by atoms with Crippen molar-refractivity contribution in [3.05, 3.63) is 107 Å². The van der Waals surface area contributed by atoms with Crippen molar-refractivity contribution in [2.24, 2.45) is 0 Å². The lowest BCUT2D eigenvalue weighted by Crippen LogP contribution is -2.14. The van der Waals surface area contributed by atoms with Gasteiger partial charge < -0.3 is 10.1 Å². The molecule has 0 radical (unpaired) electrons. The van der Waals surface area contributed by atoms with Gasteiger partial charge in [-0.25, -0.2) is 8.42 Å². The molecule has 0 aliphatic carbocycles. The van der Waals surface area contributed by atoms with Gasteiger partial charge in [0.1, 0.15) is 11.5 Å². The van der Waals surface area contributed by atoms with Crippen LogP contribution in [0.25, 0.3) is 11.1 Å². The highest BCUT2D eigenvalue weighted by molar-refractivity contribution is 7.91. The first-order valence-electron chi connectivity index (χ1n) is 11.2. The second-order valence-electron chi connectivity index (χ2n) is 8.05. The Balaban J connectivity index is 1.57. The molecular formula is C28H23Cl2NO4S. The Morgan fingerprint density at radius 3 is 2.22 bits per heavy atom. The molecule has 1 amide bonds. The number of halogens is 2. The van der Waals surface area contributed by atoms with Crippen LogP contribution in [0.5, 0.6) is 11.5 Å². The number of amides is 1. The van der Waals surface area contributed by atoms with E-state index in [1.807, 2.05) is 24.3 Å². The molecule has 0 saturated carbocycles. The van der Waals surface area contributed by atoms with Crippen molar-refractivity contribution in [1.29, 1.82) is 0 Å². The van der Waals surface area contributed by atoms with Crippen LogP contribution in [0.1, 0.15) is 12.5 Å². The van der Waals surface area contributed by atoms with Crippen LogP contribution in [-0.4, -0.2) is 20.1 Å². The van der Waals surface area contributed by atoms with Gasteiger partial charge >= 0.3 is 0 Å². The smallest absolute Gasteiger partial charge is 0.228 e. The van der Waals surface area contributed by atoms with E-state index in [4.69, 9.17) is 27.9 Å². The molecule has 0 aromatic heterocycles. The summed E-state index contributed by atoms with van der Waals surface area (Å²) in [4.78, 5) is 13.0. The summed E-state index contributed by atoms with van der Waals surface area (Å²) in [7, 11) is -3.29. The van der Waals surface area contributed by atoms with E-state index in [9.17, 15) is 13.2 Å². The second-order valence-corrected chi connectivity index (χ2v) is 11.2. The molecule has 0 spiro atoms. The van der Waals surface area contributed by atoms with E-state index in [1.54, 1.807) is 61.5 Å². The Kier molecular flexibility index (Phi) is 7.99. The largest absolute Gasteiger partial charge is 0.457 e. The van der Waals surface area contributed by atoms with Crippen LogP contribution in [0.2, 0.25) is 10.0 Å². The van der Waals surface area contributed by atoms with Gasteiger partial charge in [-0.3, -0.25) is 4.79 Å². The number of carbonyl (C=O) groups is 1. The summed E-state index contributed by atoms with van der Waals surface area (Å²) in [6.07, 6.45) is 0.0903. The van der Waals surface area contributed by atoms with Crippen molar-refractivity contribution in [3.63, 3.8) is 0 Å². The maximum atomic E-state index is 12.7. The predicted octanol–water partition coefficient (Wildman–Crippen LogP) is 7.43. The fourth-order valence-electron chi connectivity index (χ4n) is 3.61. The van der Waals surface area contributed by atoms with Crippen LogP contribution in [0.4, 0.5) is 5.69 Å². The highest BCUT2D eigenvalue weighted by Crippen LogP contribution is 2.37. The topological polar surface area (TPSA) is 72.5 Å². The van der Waals surface area contributed by atoms with E-state index in [-0.39, 0.29) is 23.0 Å². The number of carbonyl (C=O) groups excluding carboxylic acids is 1. The van der Waals surface area contributed by atoms with E-state index in [1.165, 1.54) is 12.1 Å². The lowest BCUT2D eigenvalue weighted by Gasteiger charge is -2.15. The van der Waals surface area contributed by atoms with E-state index < -0.39 is 9.84 Å². The van der Waals surface area contributed by atoms with Gasteiger partial charge in [0.15, 0.2) is 9.84 Å². The highest BCUT2D eigenvalue weighted by Gasteiger charge is 2.14. The third kappa shape index (κ3) is 6.46. The first-order chi connectivity index (χ1) is 17.2. The summed E-state index contributed by atoms with van der Waals surface area (Å²) < 4.78 is 30.1. The third-order valence-electron chi connectivity index (χ3n) is 5.45. The molecular weight excluding hydrogens is 517 g/mol. The van der Waals surface area contributed by atoms with Crippen LogP contribution >= 0.6 is 23.2 Å². The van der Waals surface area contributed by atoms with E-state index in [0.717, 1.165) is 11.1 Å². The molecule has 0 heterocycles. The first-order valence-corrected chi connectivity index (χ1v) is 13.6. The van der Waals surface area contributed by atoms with Crippen molar-refractivity contribution in [2.75, 3.05) is 11.1 Å². The van der Waals surface area contributed by atoms with Crippen molar-refractivity contribution < 1.29 is 17.9 Å². The molecule has 5 nitrogen and oxygen atoms in total. The fraction of sp³-hybridized carbons (Fsp3) is 0.107. The maximum absolute atomic E-state index is 12.7. The third-order valence-corrected chi connectivity index (χ3v) is 7.67. The standard InChI is InChI=1S/C28H23Cl2NO4S/c1-2-36(33,34)25-12-9-19(10-13-25)15-28(32)31-23-11-14-26(20-5-3-6-21(29)16-20)27(18-23)35-24-8-4-7-22(30)17-24/h3-14,16-18H,2,15H2,1H3,(H,31,32). The van der Waals surface area contributed by atoms with Crippen LogP contribution in [0.15, 0.2) is 95.9 Å². The zero-order chi connectivity index (χ0) is 25.7. The Hall–Kier alpha value is -3.32. The molecule has 4 aromatic carbocycles. The Labute approximate surface area is 220 Å². The van der Waals surface area contributed by atoms with Gasteiger partial charge in [0.2, 0.25) is 5.91 Å². The normalized spacial score (nSPS) is 11.2. The monoisotopic (exact) mass is 539 g/mol. The second kappa shape index (κ2) is 11.2. The molecule has 0 bridgehead atoms. The summed E-state index contributed by atoms with van der Waals surface area (Å²) >= 11 is 12.3. The number of rotatable bonds is 8. The molecule has 4 aromatic rings. The average Bonchev–Trinajstić information content (AvgIpc) is 2.84. The molecule has 8 heteroatoms. The molecule has 0 atom stereocenters. The van der Waals surface area contributed by atoms with E-state index in [0.29, 0.717) is 32.8 Å². The number of nitrogens with one attached hydrogen (secondary N) is 1. The number of hydrogen-bond donors (Lipinski definition) is 1. The molecule has 0 unspecified atom stereocenters. The SMILES string of the molecule is CCS(=O)(=O)c1ccc(CC(=O)Nc2ccc(-c3cccc(Cl)c3)c(Oc3cccc(Cl)c3)c2)cc1. The number of sulfone groups is 1. The molecule has 0 fully saturated rings. The lowest BCUT2D eigenvalue weighted by atomic mass is 10.0. The summed E-state index contributed by atoms with van der Waals surface area (Å²) in [5.74, 6) is 0.852.